The predicted molar refractivity (Wildman–Crippen MR) is 35.1 cm³/mol. The van der Waals surface area contributed by atoms with Gasteiger partial charge >= 0.3 is 8.80 Å². The maximum Gasteiger partial charge on any atom is 0.500 e. The second-order valence-corrected chi connectivity index (χ2v) is 5.01. The van der Waals surface area contributed by atoms with Gasteiger partial charge in [0, 0.05) is 26.9 Å². The van der Waals surface area contributed by atoms with Crippen LogP contribution in [-0.4, -0.2) is 29.6 Å². The van der Waals surface area contributed by atoms with Crippen LogP contribution in [0.5, 0.6) is 0 Å². The molecule has 0 aliphatic carbocycles. The van der Waals surface area contributed by atoms with E-state index in [0.717, 1.165) is 19.1 Å². The van der Waals surface area contributed by atoms with Crippen LogP contribution in [0.4, 0.5) is 0 Å². The minimum atomic E-state index is -2.08. The molecule has 1 heterocycles. The van der Waals surface area contributed by atoms with E-state index < -0.39 is 8.80 Å². The van der Waals surface area contributed by atoms with Gasteiger partial charge in [0.25, 0.3) is 0 Å². The van der Waals surface area contributed by atoms with E-state index in [1.165, 1.54) is 0 Å². The Morgan fingerprint density at radius 1 is 1.33 bits per heavy atom. The molecule has 0 radical (unpaired) electrons. The zero-order valence-electron chi connectivity index (χ0n) is 5.85. The Morgan fingerprint density at radius 2 is 2.00 bits per heavy atom. The van der Waals surface area contributed by atoms with Gasteiger partial charge in [-0.05, 0) is 6.42 Å². The van der Waals surface area contributed by atoms with Gasteiger partial charge < -0.3 is 13.3 Å². The first-order valence-corrected chi connectivity index (χ1v) is 5.00. The van der Waals surface area contributed by atoms with Crippen molar-refractivity contribution < 1.29 is 13.3 Å². The SMILES string of the molecule is CO[Si]1(OC)CCCO1. The van der Waals surface area contributed by atoms with Crippen LogP contribution in [0.2, 0.25) is 6.04 Å². The fourth-order valence-electron chi connectivity index (χ4n) is 0.994. The van der Waals surface area contributed by atoms with Gasteiger partial charge in [-0.25, -0.2) is 0 Å². The van der Waals surface area contributed by atoms with Crippen LogP contribution in [0.1, 0.15) is 6.42 Å². The van der Waals surface area contributed by atoms with E-state index in [-0.39, 0.29) is 0 Å². The molecule has 0 bridgehead atoms. The smallest absolute Gasteiger partial charge is 0.377 e. The summed E-state index contributed by atoms with van der Waals surface area (Å²) in [4.78, 5) is 0. The van der Waals surface area contributed by atoms with Crippen molar-refractivity contribution in [2.45, 2.75) is 12.5 Å². The standard InChI is InChI=1S/C5H12O3Si/c1-6-9(7-2)5-3-4-8-9/h3-5H2,1-2H3. The number of hydrogen-bond acceptors (Lipinski definition) is 3. The van der Waals surface area contributed by atoms with Crippen molar-refractivity contribution in [1.82, 2.24) is 0 Å². The highest BCUT2D eigenvalue weighted by Gasteiger charge is 2.42. The molecule has 3 nitrogen and oxygen atoms in total. The van der Waals surface area contributed by atoms with Crippen molar-refractivity contribution in [3.8, 4) is 0 Å². The zero-order valence-corrected chi connectivity index (χ0v) is 6.85. The van der Waals surface area contributed by atoms with Gasteiger partial charge in [-0.1, -0.05) is 0 Å². The van der Waals surface area contributed by atoms with Crippen LogP contribution in [0.25, 0.3) is 0 Å². The van der Waals surface area contributed by atoms with E-state index in [2.05, 4.69) is 0 Å². The summed E-state index contributed by atoms with van der Waals surface area (Å²) in [5.41, 5.74) is 0. The highest BCUT2D eigenvalue weighted by molar-refractivity contribution is 6.61. The molecule has 0 amide bonds. The van der Waals surface area contributed by atoms with Crippen molar-refractivity contribution in [3.63, 3.8) is 0 Å². The van der Waals surface area contributed by atoms with Crippen LogP contribution >= 0.6 is 0 Å². The lowest BCUT2D eigenvalue weighted by molar-refractivity contribution is 0.127. The van der Waals surface area contributed by atoms with E-state index in [9.17, 15) is 0 Å². The van der Waals surface area contributed by atoms with Crippen LogP contribution in [0, 0.1) is 0 Å². The molecular weight excluding hydrogens is 136 g/mol. The Morgan fingerprint density at radius 3 is 2.22 bits per heavy atom. The largest absolute Gasteiger partial charge is 0.500 e. The normalized spacial score (nSPS) is 24.7. The van der Waals surface area contributed by atoms with E-state index in [1.807, 2.05) is 0 Å². The van der Waals surface area contributed by atoms with Crippen molar-refractivity contribution >= 4 is 8.80 Å². The van der Waals surface area contributed by atoms with Crippen molar-refractivity contribution in [2.24, 2.45) is 0 Å². The lowest BCUT2D eigenvalue weighted by Gasteiger charge is -2.18. The third-order valence-electron chi connectivity index (χ3n) is 1.57. The molecule has 1 fully saturated rings. The Labute approximate surface area is 56.3 Å². The molecule has 0 aromatic heterocycles. The average molecular weight is 148 g/mol. The fraction of sp³-hybridized carbons (Fsp3) is 1.00. The monoisotopic (exact) mass is 148 g/mol. The molecule has 0 N–H and O–H groups in total. The van der Waals surface area contributed by atoms with Gasteiger partial charge in [0.2, 0.25) is 0 Å². The first kappa shape index (κ1) is 7.21. The Balaban J connectivity index is 2.45. The van der Waals surface area contributed by atoms with Gasteiger partial charge in [0.05, 0.1) is 0 Å². The minimum Gasteiger partial charge on any atom is -0.377 e. The summed E-state index contributed by atoms with van der Waals surface area (Å²) < 4.78 is 15.6. The van der Waals surface area contributed by atoms with E-state index in [0.29, 0.717) is 0 Å². The molecule has 1 aliphatic heterocycles. The van der Waals surface area contributed by atoms with Crippen molar-refractivity contribution in [1.29, 1.82) is 0 Å². The van der Waals surface area contributed by atoms with Crippen LogP contribution < -0.4 is 0 Å². The fourth-order valence-corrected chi connectivity index (χ4v) is 2.98. The maximum absolute atomic E-state index is 5.33. The van der Waals surface area contributed by atoms with Gasteiger partial charge in [0.15, 0.2) is 0 Å². The second kappa shape index (κ2) is 2.79. The molecule has 0 aromatic rings. The number of rotatable bonds is 2. The molecule has 0 aromatic carbocycles. The summed E-state index contributed by atoms with van der Waals surface area (Å²) in [7, 11) is 1.23. The summed E-state index contributed by atoms with van der Waals surface area (Å²) >= 11 is 0. The molecule has 0 saturated carbocycles. The van der Waals surface area contributed by atoms with Gasteiger partial charge in [0.1, 0.15) is 0 Å². The summed E-state index contributed by atoms with van der Waals surface area (Å²) in [6.45, 7) is 0.800. The summed E-state index contributed by atoms with van der Waals surface area (Å²) in [5.74, 6) is 0. The molecule has 1 rings (SSSR count). The summed E-state index contributed by atoms with van der Waals surface area (Å²) in [5, 5.41) is 0. The molecule has 54 valence electrons. The average Bonchev–Trinajstić information content (AvgIpc) is 2.36. The van der Waals surface area contributed by atoms with E-state index >= 15 is 0 Å². The van der Waals surface area contributed by atoms with E-state index in [1.54, 1.807) is 14.2 Å². The molecule has 1 saturated heterocycles. The maximum atomic E-state index is 5.33. The first-order valence-electron chi connectivity index (χ1n) is 3.07. The predicted octanol–water partition coefficient (Wildman–Crippen LogP) is 0.638. The Kier molecular flexibility index (Phi) is 2.23. The molecule has 0 spiro atoms. The van der Waals surface area contributed by atoms with Gasteiger partial charge in [-0.3, -0.25) is 0 Å². The molecule has 1 aliphatic rings. The molecule has 0 atom stereocenters. The van der Waals surface area contributed by atoms with Crippen molar-refractivity contribution in [2.75, 3.05) is 20.8 Å². The topological polar surface area (TPSA) is 27.7 Å². The molecule has 9 heavy (non-hydrogen) atoms. The zero-order chi connectivity index (χ0) is 6.74. The molecule has 0 unspecified atom stereocenters. The highest BCUT2D eigenvalue weighted by Crippen LogP contribution is 2.22. The second-order valence-electron chi connectivity index (χ2n) is 2.04. The van der Waals surface area contributed by atoms with Crippen LogP contribution in [0.3, 0.4) is 0 Å². The third kappa shape index (κ3) is 1.32. The Hall–Kier alpha value is 0.0969. The van der Waals surface area contributed by atoms with Gasteiger partial charge in [-0.2, -0.15) is 0 Å². The first-order chi connectivity index (χ1) is 4.33. The molecule has 4 heteroatoms. The lowest BCUT2D eigenvalue weighted by atomic mass is 10.5. The molecular formula is C5H12O3Si. The quantitative estimate of drug-likeness (QED) is 0.538. The Bertz CT molecular complexity index is 84.2. The lowest BCUT2D eigenvalue weighted by Crippen LogP contribution is -2.39. The van der Waals surface area contributed by atoms with Crippen molar-refractivity contribution in [3.05, 3.63) is 0 Å². The van der Waals surface area contributed by atoms with Crippen LogP contribution in [0.15, 0.2) is 0 Å². The summed E-state index contributed by atoms with van der Waals surface area (Å²) in [6.07, 6.45) is 1.08. The van der Waals surface area contributed by atoms with Gasteiger partial charge in [-0.15, -0.1) is 0 Å². The minimum absolute atomic E-state index is 0.800. The number of hydrogen-bond donors (Lipinski definition) is 0. The van der Waals surface area contributed by atoms with Crippen LogP contribution in [-0.2, 0) is 13.3 Å². The highest BCUT2D eigenvalue weighted by atomic mass is 28.4. The van der Waals surface area contributed by atoms with E-state index in [4.69, 9.17) is 13.3 Å². The third-order valence-corrected chi connectivity index (χ3v) is 4.43. The summed E-state index contributed by atoms with van der Waals surface area (Å²) in [6, 6.07) is 0.972.